The van der Waals surface area contributed by atoms with Crippen LogP contribution in [0.25, 0.3) is 0 Å². The lowest BCUT2D eigenvalue weighted by Gasteiger charge is -2.08. The Hall–Kier alpha value is -1.43. The summed E-state index contributed by atoms with van der Waals surface area (Å²) in [6.07, 6.45) is 2.19. The van der Waals surface area contributed by atoms with Gasteiger partial charge in [-0.15, -0.1) is 0 Å². The molecule has 0 aliphatic carbocycles. The molecule has 2 aromatic carbocycles. The maximum atomic E-state index is 12.8. The number of hydrogen-bond donors (Lipinski definition) is 0. The quantitative estimate of drug-likeness (QED) is 0.553. The minimum Gasteiger partial charge on any atom is -0.489 e. The number of ether oxygens (including phenoxy) is 1. The average molecular weight is 384 g/mol. The van der Waals surface area contributed by atoms with Crippen molar-refractivity contribution >= 4 is 28.9 Å². The molecule has 0 atom stereocenters. The molecule has 0 fully saturated rings. The molecular weight excluding hydrogens is 370 g/mol. The third kappa shape index (κ3) is 4.59. The molecular formula is C16H14FIO2. The Kier molecular flexibility index (Phi) is 5.52. The zero-order valence-corrected chi connectivity index (χ0v) is 13.0. The van der Waals surface area contributed by atoms with Gasteiger partial charge in [-0.2, -0.15) is 0 Å². The molecule has 2 rings (SSSR count). The summed E-state index contributed by atoms with van der Waals surface area (Å²) >= 11 is 2.25. The molecule has 104 valence electrons. The van der Waals surface area contributed by atoms with Crippen LogP contribution in [0, 0.1) is 9.39 Å². The first-order chi connectivity index (χ1) is 9.67. The summed E-state index contributed by atoms with van der Waals surface area (Å²) < 4.78 is 19.5. The number of carbonyl (C=O) groups excluding carboxylic acids is 1. The van der Waals surface area contributed by atoms with E-state index in [-0.39, 0.29) is 5.82 Å². The molecule has 0 saturated carbocycles. The van der Waals surface area contributed by atoms with E-state index in [9.17, 15) is 9.18 Å². The highest BCUT2D eigenvalue weighted by atomic mass is 127. The number of halogens is 2. The fraction of sp³-hybridized carbons (Fsp3) is 0.188. The highest BCUT2D eigenvalue weighted by Gasteiger charge is 2.02. The lowest BCUT2D eigenvalue weighted by molar-refractivity contribution is -0.107. The molecule has 0 aliphatic rings. The van der Waals surface area contributed by atoms with Gasteiger partial charge in [0.25, 0.3) is 0 Å². The molecule has 0 radical (unpaired) electrons. The Morgan fingerprint density at radius 3 is 2.50 bits per heavy atom. The summed E-state index contributed by atoms with van der Waals surface area (Å²) in [6, 6.07) is 12.1. The van der Waals surface area contributed by atoms with Crippen LogP contribution in [-0.2, 0) is 17.8 Å². The Labute approximate surface area is 131 Å². The van der Waals surface area contributed by atoms with E-state index in [0.29, 0.717) is 18.8 Å². The van der Waals surface area contributed by atoms with Gasteiger partial charge >= 0.3 is 0 Å². The lowest BCUT2D eigenvalue weighted by Crippen LogP contribution is -1.98. The SMILES string of the molecule is O=CCCc1cc(I)cc(COc2ccc(F)cc2)c1. The van der Waals surface area contributed by atoms with Gasteiger partial charge in [0, 0.05) is 9.99 Å². The first-order valence-electron chi connectivity index (χ1n) is 6.28. The second kappa shape index (κ2) is 7.38. The van der Waals surface area contributed by atoms with Crippen molar-refractivity contribution in [2.75, 3.05) is 0 Å². The second-order valence-corrected chi connectivity index (χ2v) is 5.66. The van der Waals surface area contributed by atoms with Crippen molar-refractivity contribution in [3.8, 4) is 5.75 Å². The van der Waals surface area contributed by atoms with Crippen molar-refractivity contribution < 1.29 is 13.9 Å². The van der Waals surface area contributed by atoms with Crippen LogP contribution < -0.4 is 4.74 Å². The maximum Gasteiger partial charge on any atom is 0.123 e. The van der Waals surface area contributed by atoms with Gasteiger partial charge in [0.1, 0.15) is 24.5 Å². The minimum absolute atomic E-state index is 0.275. The van der Waals surface area contributed by atoms with Gasteiger partial charge in [-0.3, -0.25) is 0 Å². The van der Waals surface area contributed by atoms with E-state index >= 15 is 0 Å². The molecule has 0 unspecified atom stereocenters. The van der Waals surface area contributed by atoms with E-state index < -0.39 is 0 Å². The fourth-order valence-electron chi connectivity index (χ4n) is 1.87. The topological polar surface area (TPSA) is 26.3 Å². The predicted octanol–water partition coefficient (Wildman–Crippen LogP) is 4.14. The van der Waals surface area contributed by atoms with Crippen LogP contribution in [0.3, 0.4) is 0 Å². The molecule has 0 saturated heterocycles. The van der Waals surface area contributed by atoms with Crippen molar-refractivity contribution in [1.29, 1.82) is 0 Å². The number of aryl methyl sites for hydroxylation is 1. The Morgan fingerprint density at radius 1 is 1.10 bits per heavy atom. The molecule has 0 amide bonds. The van der Waals surface area contributed by atoms with Gasteiger partial charge in [-0.05, 0) is 76.5 Å². The van der Waals surface area contributed by atoms with Gasteiger partial charge in [-0.1, -0.05) is 6.07 Å². The van der Waals surface area contributed by atoms with Crippen LogP contribution in [0.4, 0.5) is 4.39 Å². The van der Waals surface area contributed by atoms with Crippen molar-refractivity contribution in [3.05, 3.63) is 63.0 Å². The van der Waals surface area contributed by atoms with Gasteiger partial charge < -0.3 is 9.53 Å². The molecule has 2 nitrogen and oxygen atoms in total. The number of carbonyl (C=O) groups is 1. The van der Waals surface area contributed by atoms with Crippen molar-refractivity contribution in [3.63, 3.8) is 0 Å². The Morgan fingerprint density at radius 2 is 1.80 bits per heavy atom. The Bertz CT molecular complexity index is 582. The van der Waals surface area contributed by atoms with Crippen LogP contribution in [0.2, 0.25) is 0 Å². The summed E-state index contributed by atoms with van der Waals surface area (Å²) in [7, 11) is 0. The van der Waals surface area contributed by atoms with Crippen molar-refractivity contribution in [2.45, 2.75) is 19.4 Å². The average Bonchev–Trinajstić information content (AvgIpc) is 2.44. The van der Waals surface area contributed by atoms with E-state index in [2.05, 4.69) is 28.7 Å². The first kappa shape index (κ1) is 15.0. The monoisotopic (exact) mass is 384 g/mol. The van der Waals surface area contributed by atoms with Gasteiger partial charge in [-0.25, -0.2) is 4.39 Å². The third-order valence-electron chi connectivity index (χ3n) is 2.79. The van der Waals surface area contributed by atoms with Gasteiger partial charge in [0.05, 0.1) is 0 Å². The van der Waals surface area contributed by atoms with E-state index in [1.165, 1.54) is 12.1 Å². The standard InChI is InChI=1S/C16H14FIO2/c17-14-3-5-16(6-4-14)20-11-13-8-12(2-1-7-19)9-15(18)10-13/h3-10H,1-2,11H2. The number of aldehydes is 1. The smallest absolute Gasteiger partial charge is 0.123 e. The summed E-state index contributed by atoms with van der Waals surface area (Å²) in [4.78, 5) is 10.4. The summed E-state index contributed by atoms with van der Waals surface area (Å²) in [5.74, 6) is 0.363. The molecule has 0 bridgehead atoms. The molecule has 0 aromatic heterocycles. The molecule has 0 heterocycles. The second-order valence-electron chi connectivity index (χ2n) is 4.42. The van der Waals surface area contributed by atoms with E-state index in [4.69, 9.17) is 4.74 Å². The third-order valence-corrected chi connectivity index (χ3v) is 3.41. The Balaban J connectivity index is 2.03. The van der Waals surface area contributed by atoms with Crippen molar-refractivity contribution in [2.24, 2.45) is 0 Å². The molecule has 0 aliphatic heterocycles. The van der Waals surface area contributed by atoms with Crippen LogP contribution in [0.15, 0.2) is 42.5 Å². The molecule has 0 spiro atoms. The van der Waals surface area contributed by atoms with Crippen LogP contribution in [0.1, 0.15) is 17.5 Å². The zero-order valence-electron chi connectivity index (χ0n) is 10.8. The van der Waals surface area contributed by atoms with Gasteiger partial charge in [0.15, 0.2) is 0 Å². The normalized spacial score (nSPS) is 10.3. The molecule has 2 aromatic rings. The first-order valence-corrected chi connectivity index (χ1v) is 7.35. The maximum absolute atomic E-state index is 12.8. The van der Waals surface area contributed by atoms with Crippen molar-refractivity contribution in [1.82, 2.24) is 0 Å². The van der Waals surface area contributed by atoms with Crippen LogP contribution in [-0.4, -0.2) is 6.29 Å². The largest absolute Gasteiger partial charge is 0.489 e. The highest BCUT2D eigenvalue weighted by molar-refractivity contribution is 14.1. The summed E-state index contributed by atoms with van der Waals surface area (Å²) in [5.41, 5.74) is 2.17. The minimum atomic E-state index is -0.275. The summed E-state index contributed by atoms with van der Waals surface area (Å²) in [5, 5.41) is 0. The fourth-order valence-corrected chi connectivity index (χ4v) is 2.67. The van der Waals surface area contributed by atoms with Crippen LogP contribution in [0.5, 0.6) is 5.75 Å². The lowest BCUT2D eigenvalue weighted by atomic mass is 10.1. The number of rotatable bonds is 6. The van der Waals surface area contributed by atoms with E-state index in [1.54, 1.807) is 12.1 Å². The molecule has 20 heavy (non-hydrogen) atoms. The van der Waals surface area contributed by atoms with E-state index in [0.717, 1.165) is 27.4 Å². The van der Waals surface area contributed by atoms with Gasteiger partial charge in [0.2, 0.25) is 0 Å². The summed E-state index contributed by atoms with van der Waals surface area (Å²) in [6.45, 7) is 0.427. The molecule has 0 N–H and O–H groups in total. The highest BCUT2D eigenvalue weighted by Crippen LogP contribution is 2.17. The van der Waals surface area contributed by atoms with E-state index in [1.807, 2.05) is 12.1 Å². The number of benzene rings is 2. The zero-order chi connectivity index (χ0) is 14.4. The number of hydrogen-bond acceptors (Lipinski definition) is 2. The van der Waals surface area contributed by atoms with Crippen LogP contribution >= 0.6 is 22.6 Å². The molecule has 4 heteroatoms. The predicted molar refractivity (Wildman–Crippen MR) is 84.3 cm³/mol.